The van der Waals surface area contributed by atoms with Gasteiger partial charge in [-0.3, -0.25) is 0 Å². The highest BCUT2D eigenvalue weighted by molar-refractivity contribution is 5.52. The number of hydrogen-bond acceptors (Lipinski definition) is 2. The molecule has 0 bridgehead atoms. The van der Waals surface area contributed by atoms with Gasteiger partial charge in [0, 0.05) is 6.42 Å². The summed E-state index contributed by atoms with van der Waals surface area (Å²) in [7, 11) is 1.59. The Balaban J connectivity index is 2.31. The Bertz CT molecular complexity index is 892. The van der Waals surface area contributed by atoms with Crippen molar-refractivity contribution in [2.24, 2.45) is 5.73 Å². The molecule has 1 atom stereocenters. The minimum atomic E-state index is -3.03. The van der Waals surface area contributed by atoms with Crippen LogP contribution in [0, 0.1) is 6.92 Å². The minimum Gasteiger partial charge on any atom is -0.497 e. The first-order chi connectivity index (χ1) is 13.4. The van der Waals surface area contributed by atoms with E-state index in [2.05, 4.69) is 0 Å². The van der Waals surface area contributed by atoms with Gasteiger partial charge >= 0.3 is 0 Å². The van der Waals surface area contributed by atoms with Crippen molar-refractivity contribution in [1.82, 2.24) is 0 Å². The molecule has 28 heavy (non-hydrogen) atoms. The van der Waals surface area contributed by atoms with Crippen LogP contribution in [0.25, 0.3) is 0 Å². The van der Waals surface area contributed by atoms with Gasteiger partial charge in [-0.25, -0.2) is 8.78 Å². The van der Waals surface area contributed by atoms with Gasteiger partial charge in [0.25, 0.3) is 5.92 Å². The Hall–Kier alpha value is -2.72. The van der Waals surface area contributed by atoms with E-state index < -0.39 is 24.3 Å². The third kappa shape index (κ3) is 3.92. The van der Waals surface area contributed by atoms with E-state index in [1.165, 1.54) is 0 Å². The molecular weight excluding hydrogens is 356 g/mol. The summed E-state index contributed by atoms with van der Waals surface area (Å²) in [5.41, 5.74) is 7.87. The lowest BCUT2D eigenvalue weighted by molar-refractivity contribution is -0.0104. The molecule has 3 rings (SSSR count). The van der Waals surface area contributed by atoms with E-state index in [0.29, 0.717) is 5.75 Å². The third-order valence-corrected chi connectivity index (χ3v) is 5.22. The predicted molar refractivity (Wildman–Crippen MR) is 109 cm³/mol. The second-order valence-corrected chi connectivity index (χ2v) is 7.10. The van der Waals surface area contributed by atoms with Crippen LogP contribution in [-0.4, -0.2) is 19.6 Å². The number of methoxy groups -OCH3 is 1. The highest BCUT2D eigenvalue weighted by Crippen LogP contribution is 2.46. The number of halogens is 2. The molecule has 0 fully saturated rings. The molecular formula is C24H25F2NO. The topological polar surface area (TPSA) is 35.2 Å². The maximum Gasteiger partial charge on any atom is 0.261 e. The van der Waals surface area contributed by atoms with Crippen molar-refractivity contribution in [2.45, 2.75) is 24.7 Å². The first-order valence-electron chi connectivity index (χ1n) is 9.26. The molecule has 0 radical (unpaired) electrons. The second-order valence-electron chi connectivity index (χ2n) is 7.10. The maximum absolute atomic E-state index is 14.8. The average Bonchev–Trinajstić information content (AvgIpc) is 2.73. The van der Waals surface area contributed by atoms with Crippen LogP contribution in [0.1, 0.15) is 28.7 Å². The predicted octanol–water partition coefficient (Wildman–Crippen LogP) is 5.32. The molecule has 1 unspecified atom stereocenters. The number of rotatable bonds is 7. The molecule has 146 valence electrons. The molecule has 0 aliphatic carbocycles. The van der Waals surface area contributed by atoms with Crippen molar-refractivity contribution in [2.75, 3.05) is 13.7 Å². The van der Waals surface area contributed by atoms with Gasteiger partial charge in [-0.15, -0.1) is 0 Å². The van der Waals surface area contributed by atoms with Gasteiger partial charge in [0.2, 0.25) is 0 Å². The smallest absolute Gasteiger partial charge is 0.261 e. The molecule has 0 saturated carbocycles. The van der Waals surface area contributed by atoms with Crippen molar-refractivity contribution in [3.05, 3.63) is 101 Å². The summed E-state index contributed by atoms with van der Waals surface area (Å²) in [5.74, 6) is -2.35. The molecule has 2 N–H and O–H groups in total. The molecule has 0 spiro atoms. The lowest BCUT2D eigenvalue weighted by Gasteiger charge is -2.38. The van der Waals surface area contributed by atoms with E-state index in [9.17, 15) is 8.78 Å². The SMILES string of the molecule is COc1ccc(C(CC(F)(F)CN)(c2ccccc2)c2ccc(C)cc2)cc1. The number of ether oxygens (including phenoxy) is 1. The largest absolute Gasteiger partial charge is 0.497 e. The molecule has 3 aromatic rings. The number of hydrogen-bond donors (Lipinski definition) is 1. The van der Waals surface area contributed by atoms with Crippen LogP contribution in [0.5, 0.6) is 5.75 Å². The summed E-state index contributed by atoms with van der Waals surface area (Å²) in [5, 5.41) is 0. The molecule has 2 nitrogen and oxygen atoms in total. The molecule has 4 heteroatoms. The van der Waals surface area contributed by atoms with E-state index in [0.717, 1.165) is 22.3 Å². The lowest BCUT2D eigenvalue weighted by Crippen LogP contribution is -2.40. The second kappa shape index (κ2) is 8.11. The first kappa shape index (κ1) is 20.0. The van der Waals surface area contributed by atoms with Crippen LogP contribution < -0.4 is 10.5 Å². The zero-order chi connectivity index (χ0) is 20.2. The van der Waals surface area contributed by atoms with Crippen molar-refractivity contribution < 1.29 is 13.5 Å². The van der Waals surface area contributed by atoms with Gasteiger partial charge in [-0.2, -0.15) is 0 Å². The van der Waals surface area contributed by atoms with Crippen molar-refractivity contribution >= 4 is 0 Å². The Morgan fingerprint density at radius 3 is 1.79 bits per heavy atom. The van der Waals surface area contributed by atoms with Crippen LogP contribution in [0.15, 0.2) is 78.9 Å². The molecule has 0 aliphatic heterocycles. The normalized spacial score (nSPS) is 13.8. The quantitative estimate of drug-likeness (QED) is 0.562. The van der Waals surface area contributed by atoms with Gasteiger partial charge in [-0.05, 0) is 35.7 Å². The Morgan fingerprint density at radius 1 is 0.786 bits per heavy atom. The lowest BCUT2D eigenvalue weighted by atomic mass is 9.66. The summed E-state index contributed by atoms with van der Waals surface area (Å²) < 4.78 is 34.8. The molecule has 3 aromatic carbocycles. The third-order valence-electron chi connectivity index (χ3n) is 5.22. The molecule has 0 saturated heterocycles. The van der Waals surface area contributed by atoms with Gasteiger partial charge in [0.15, 0.2) is 0 Å². The molecule has 0 aliphatic rings. The fourth-order valence-electron chi connectivity index (χ4n) is 3.70. The summed E-state index contributed by atoms with van der Waals surface area (Å²) >= 11 is 0. The first-order valence-corrected chi connectivity index (χ1v) is 9.26. The monoisotopic (exact) mass is 381 g/mol. The van der Waals surface area contributed by atoms with E-state index in [1.54, 1.807) is 7.11 Å². The van der Waals surface area contributed by atoms with Gasteiger partial charge in [0.05, 0.1) is 19.1 Å². The van der Waals surface area contributed by atoms with Gasteiger partial charge in [-0.1, -0.05) is 72.3 Å². The maximum atomic E-state index is 14.8. The van der Waals surface area contributed by atoms with E-state index in [-0.39, 0.29) is 0 Å². The average molecular weight is 381 g/mol. The van der Waals surface area contributed by atoms with Gasteiger partial charge in [0.1, 0.15) is 5.75 Å². The Labute approximate surface area is 165 Å². The van der Waals surface area contributed by atoms with Crippen LogP contribution in [0.4, 0.5) is 8.78 Å². The van der Waals surface area contributed by atoms with E-state index in [1.807, 2.05) is 85.8 Å². The molecule has 0 aromatic heterocycles. The molecule has 0 heterocycles. The number of alkyl halides is 2. The zero-order valence-corrected chi connectivity index (χ0v) is 16.2. The van der Waals surface area contributed by atoms with E-state index in [4.69, 9.17) is 10.5 Å². The summed E-state index contributed by atoms with van der Waals surface area (Å²) in [6.45, 7) is 1.28. The number of aryl methyl sites for hydroxylation is 1. The Kier molecular flexibility index (Phi) is 5.80. The van der Waals surface area contributed by atoms with Crippen molar-refractivity contribution in [3.63, 3.8) is 0 Å². The fourth-order valence-corrected chi connectivity index (χ4v) is 3.70. The Morgan fingerprint density at radius 2 is 1.29 bits per heavy atom. The van der Waals surface area contributed by atoms with Gasteiger partial charge < -0.3 is 10.5 Å². The minimum absolute atomic E-state index is 0.421. The molecule has 0 amide bonds. The van der Waals surface area contributed by atoms with E-state index >= 15 is 0 Å². The highest BCUT2D eigenvalue weighted by atomic mass is 19.3. The number of benzene rings is 3. The standard InChI is InChI=1S/C24H25F2NO/c1-18-8-10-20(11-9-18)24(16-23(25,26)17-27,19-6-4-3-5-7-19)21-12-14-22(28-2)15-13-21/h3-15H,16-17,27H2,1-2H3. The van der Waals surface area contributed by atoms with Crippen molar-refractivity contribution in [3.8, 4) is 5.75 Å². The zero-order valence-electron chi connectivity index (χ0n) is 16.2. The summed E-state index contributed by atoms with van der Waals surface area (Å²) in [6, 6.07) is 24.5. The number of nitrogens with two attached hydrogens (primary N) is 1. The van der Waals surface area contributed by atoms with Crippen LogP contribution in [0.3, 0.4) is 0 Å². The van der Waals surface area contributed by atoms with Crippen LogP contribution in [0.2, 0.25) is 0 Å². The highest BCUT2D eigenvalue weighted by Gasteiger charge is 2.45. The summed E-state index contributed by atoms with van der Waals surface area (Å²) in [4.78, 5) is 0. The van der Waals surface area contributed by atoms with Crippen LogP contribution >= 0.6 is 0 Å². The summed E-state index contributed by atoms with van der Waals surface area (Å²) in [6.07, 6.45) is -0.421. The van der Waals surface area contributed by atoms with Crippen LogP contribution in [-0.2, 0) is 5.41 Å². The fraction of sp³-hybridized carbons (Fsp3) is 0.250. The van der Waals surface area contributed by atoms with Crippen molar-refractivity contribution in [1.29, 1.82) is 0 Å².